The fourth-order valence-corrected chi connectivity index (χ4v) is 4.68. The Bertz CT molecular complexity index is 1360. The average molecular weight is 433 g/mol. The van der Waals surface area contributed by atoms with Crippen LogP contribution in [-0.4, -0.2) is 17.3 Å². The summed E-state index contributed by atoms with van der Waals surface area (Å²) in [5, 5.41) is 12.6. The first kappa shape index (κ1) is 20.8. The largest absolute Gasteiger partial charge is 0.872 e. The normalized spacial score (nSPS) is 19.2. The Hall–Kier alpha value is -4.05. The zero-order valence-corrected chi connectivity index (χ0v) is 18.2. The Morgan fingerprint density at radius 2 is 1.30 bits per heavy atom. The Labute approximate surface area is 192 Å². The molecule has 2 aromatic carbocycles. The van der Waals surface area contributed by atoms with Crippen LogP contribution in [0.1, 0.15) is 62.8 Å². The highest BCUT2D eigenvalue weighted by atomic mass is 16.3. The summed E-state index contributed by atoms with van der Waals surface area (Å²) in [4.78, 5) is 37.9. The molecule has 0 radical (unpaired) electrons. The Morgan fingerprint density at radius 1 is 0.727 bits per heavy atom. The van der Waals surface area contributed by atoms with Crippen molar-refractivity contribution >= 4 is 23.1 Å². The lowest BCUT2D eigenvalue weighted by Gasteiger charge is -2.18. The van der Waals surface area contributed by atoms with Crippen LogP contribution in [0, 0.1) is 0 Å². The van der Waals surface area contributed by atoms with Crippen LogP contribution in [0.25, 0.3) is 5.76 Å². The quantitative estimate of drug-likeness (QED) is 0.507. The van der Waals surface area contributed by atoms with Crippen molar-refractivity contribution in [1.29, 1.82) is 0 Å². The van der Waals surface area contributed by atoms with E-state index in [1.165, 1.54) is 0 Å². The van der Waals surface area contributed by atoms with Crippen LogP contribution in [0.4, 0.5) is 0 Å². The molecule has 0 amide bonds. The van der Waals surface area contributed by atoms with E-state index in [9.17, 15) is 19.5 Å². The molecule has 0 heterocycles. The molecular weight excluding hydrogens is 412 g/mol. The van der Waals surface area contributed by atoms with Crippen LogP contribution in [0.3, 0.4) is 0 Å². The van der Waals surface area contributed by atoms with Crippen LogP contribution >= 0.6 is 0 Å². The van der Waals surface area contributed by atoms with Crippen molar-refractivity contribution in [3.05, 3.63) is 123 Å². The third kappa shape index (κ3) is 3.44. The van der Waals surface area contributed by atoms with Crippen LogP contribution in [0.5, 0.6) is 0 Å². The average Bonchev–Trinajstić information content (AvgIpc) is 3.23. The van der Waals surface area contributed by atoms with E-state index in [2.05, 4.69) is 0 Å². The number of benzene rings is 2. The van der Waals surface area contributed by atoms with E-state index < -0.39 is 0 Å². The summed E-state index contributed by atoms with van der Waals surface area (Å²) in [7, 11) is 0. The maximum atomic E-state index is 12.6. The van der Waals surface area contributed by atoms with Gasteiger partial charge in [-0.25, -0.2) is 0 Å². The van der Waals surface area contributed by atoms with Crippen LogP contribution < -0.4 is 5.11 Å². The van der Waals surface area contributed by atoms with E-state index in [-0.39, 0.29) is 34.3 Å². The third-order valence-electron chi connectivity index (χ3n) is 6.57. The molecule has 0 unspecified atom stereocenters. The highest BCUT2D eigenvalue weighted by molar-refractivity contribution is 6.39. The van der Waals surface area contributed by atoms with E-state index in [0.717, 1.165) is 36.0 Å². The van der Waals surface area contributed by atoms with Gasteiger partial charge in [-0.3, -0.25) is 14.4 Å². The van der Waals surface area contributed by atoms with Gasteiger partial charge in [0.05, 0.1) is 5.57 Å². The Morgan fingerprint density at radius 3 is 1.91 bits per heavy atom. The maximum absolute atomic E-state index is 12.6. The van der Waals surface area contributed by atoms with Gasteiger partial charge >= 0.3 is 0 Å². The molecule has 0 spiro atoms. The van der Waals surface area contributed by atoms with Gasteiger partial charge in [-0.1, -0.05) is 72.5 Å². The molecule has 5 rings (SSSR count). The summed E-state index contributed by atoms with van der Waals surface area (Å²) in [6.07, 6.45) is 9.55. The Balaban J connectivity index is 1.43. The minimum absolute atomic E-state index is 0.189. The summed E-state index contributed by atoms with van der Waals surface area (Å²) < 4.78 is 0. The third-order valence-corrected chi connectivity index (χ3v) is 6.57. The molecule has 0 bridgehead atoms. The molecule has 0 aromatic heterocycles. The molecule has 3 aliphatic carbocycles. The SMILES string of the molecule is CC1=C(/C=C/C2=C([O-])c3ccccc3C2=O)CCC/C1=C\C=C1C(=O)c2ccccc2C1=O. The van der Waals surface area contributed by atoms with E-state index >= 15 is 0 Å². The lowest BCUT2D eigenvalue weighted by Crippen LogP contribution is -2.03. The van der Waals surface area contributed by atoms with Crippen molar-refractivity contribution in [1.82, 2.24) is 0 Å². The van der Waals surface area contributed by atoms with E-state index in [1.807, 2.05) is 19.1 Å². The molecule has 0 aliphatic heterocycles. The van der Waals surface area contributed by atoms with Crippen LogP contribution in [-0.2, 0) is 0 Å². The number of carbonyl (C=O) groups excluding carboxylic acids is 3. The zero-order chi connectivity index (χ0) is 23.1. The van der Waals surface area contributed by atoms with Crippen molar-refractivity contribution in [3.63, 3.8) is 0 Å². The van der Waals surface area contributed by atoms with Crippen molar-refractivity contribution < 1.29 is 19.5 Å². The monoisotopic (exact) mass is 433 g/mol. The fourth-order valence-electron chi connectivity index (χ4n) is 4.68. The lowest BCUT2D eigenvalue weighted by molar-refractivity contribution is -0.244. The first-order chi connectivity index (χ1) is 16.0. The molecule has 0 atom stereocenters. The first-order valence-corrected chi connectivity index (χ1v) is 11.0. The number of ketones is 3. The molecule has 0 saturated heterocycles. The number of Topliss-reactive ketones (excluding diaryl/α,β-unsaturated/α-hetero) is 3. The summed E-state index contributed by atoms with van der Waals surface area (Å²) in [5.74, 6) is -0.947. The standard InChI is InChI=1S/C29H22O4/c1-17-18(13-15-24-26(30)20-9-2-3-10-21(20)27(24)31)7-6-8-19(17)14-16-25-28(32)22-11-4-5-12-23(22)29(25)33/h2-5,9-16,30H,6-8H2,1H3/p-1/b15-13+,19-14+. The smallest absolute Gasteiger partial charge is 0.197 e. The van der Waals surface area contributed by atoms with Gasteiger partial charge in [-0.2, -0.15) is 0 Å². The number of rotatable bonds is 3. The molecule has 162 valence electrons. The number of allylic oxidation sites excluding steroid dienone is 9. The molecule has 0 N–H and O–H groups in total. The second kappa shape index (κ2) is 8.14. The van der Waals surface area contributed by atoms with Gasteiger partial charge in [-0.05, 0) is 54.5 Å². The van der Waals surface area contributed by atoms with E-state index in [1.54, 1.807) is 60.7 Å². The molecule has 0 fully saturated rings. The lowest BCUT2D eigenvalue weighted by atomic mass is 9.87. The molecule has 0 saturated carbocycles. The molecule has 4 nitrogen and oxygen atoms in total. The second-order valence-corrected chi connectivity index (χ2v) is 8.43. The minimum atomic E-state index is -0.237. The van der Waals surface area contributed by atoms with Gasteiger partial charge in [0.15, 0.2) is 17.3 Å². The molecule has 4 heteroatoms. The van der Waals surface area contributed by atoms with Gasteiger partial charge < -0.3 is 5.11 Å². The first-order valence-electron chi connectivity index (χ1n) is 11.0. The van der Waals surface area contributed by atoms with Gasteiger partial charge in [0.1, 0.15) is 0 Å². The molecule has 2 aromatic rings. The number of hydrogen-bond donors (Lipinski definition) is 0. The predicted octanol–water partition coefficient (Wildman–Crippen LogP) is 4.94. The van der Waals surface area contributed by atoms with E-state index in [4.69, 9.17) is 0 Å². The van der Waals surface area contributed by atoms with Gasteiger partial charge in [0, 0.05) is 22.3 Å². The molecule has 33 heavy (non-hydrogen) atoms. The van der Waals surface area contributed by atoms with Crippen molar-refractivity contribution in [2.45, 2.75) is 26.2 Å². The van der Waals surface area contributed by atoms with Gasteiger partial charge in [0.2, 0.25) is 0 Å². The van der Waals surface area contributed by atoms with Crippen molar-refractivity contribution in [2.24, 2.45) is 0 Å². The van der Waals surface area contributed by atoms with Crippen molar-refractivity contribution in [2.75, 3.05) is 0 Å². The second-order valence-electron chi connectivity index (χ2n) is 8.43. The van der Waals surface area contributed by atoms with Crippen LogP contribution in [0.2, 0.25) is 0 Å². The number of hydrogen-bond acceptors (Lipinski definition) is 4. The summed E-state index contributed by atoms with van der Waals surface area (Å²) in [6.45, 7) is 1.99. The highest BCUT2D eigenvalue weighted by Gasteiger charge is 2.32. The number of fused-ring (bicyclic) bond motifs is 2. The van der Waals surface area contributed by atoms with Crippen LogP contribution in [0.15, 0.2) is 101 Å². The minimum Gasteiger partial charge on any atom is -0.872 e. The van der Waals surface area contributed by atoms with E-state index in [0.29, 0.717) is 22.3 Å². The fraction of sp³-hybridized carbons (Fsp3) is 0.138. The van der Waals surface area contributed by atoms with Gasteiger partial charge in [0.25, 0.3) is 0 Å². The summed E-state index contributed by atoms with van der Waals surface area (Å²) in [5.41, 5.74) is 5.33. The Kier molecular flexibility index (Phi) is 5.14. The van der Waals surface area contributed by atoms with Crippen molar-refractivity contribution in [3.8, 4) is 0 Å². The van der Waals surface area contributed by atoms with Gasteiger partial charge in [-0.15, -0.1) is 0 Å². The molecule has 3 aliphatic rings. The summed E-state index contributed by atoms with van der Waals surface area (Å²) in [6, 6.07) is 13.8. The summed E-state index contributed by atoms with van der Waals surface area (Å²) >= 11 is 0. The predicted molar refractivity (Wildman–Crippen MR) is 125 cm³/mol. The molecular formula is C29H21O4-. The zero-order valence-electron chi connectivity index (χ0n) is 18.2. The number of carbonyl (C=O) groups is 3. The maximum Gasteiger partial charge on any atom is 0.197 e. The topological polar surface area (TPSA) is 74.3 Å². The highest BCUT2D eigenvalue weighted by Crippen LogP contribution is 2.34.